The van der Waals surface area contributed by atoms with E-state index in [1.165, 1.54) is 0 Å². The molecule has 0 aliphatic heterocycles. The van der Waals surface area contributed by atoms with E-state index in [0.29, 0.717) is 12.8 Å². The topological polar surface area (TPSA) is 33.1 Å². The van der Waals surface area contributed by atoms with Crippen LogP contribution in [0, 0.1) is 0 Å². The molecule has 20 heavy (non-hydrogen) atoms. The highest BCUT2D eigenvalue weighted by molar-refractivity contribution is 7.09. The molecule has 3 heteroatoms. The highest BCUT2D eigenvalue weighted by Crippen LogP contribution is 2.26. The monoisotopic (exact) mass is 289 g/mol. The zero-order valence-electron chi connectivity index (χ0n) is 12.7. The zero-order valence-corrected chi connectivity index (χ0v) is 13.5. The average Bonchev–Trinajstić information content (AvgIpc) is 2.77. The van der Waals surface area contributed by atoms with E-state index in [2.05, 4.69) is 43.3 Å². The molecule has 1 atom stereocenters. The Morgan fingerprint density at radius 2 is 1.70 bits per heavy atom. The predicted molar refractivity (Wildman–Crippen MR) is 85.3 cm³/mol. The number of thiazole rings is 1. The lowest BCUT2D eigenvalue weighted by molar-refractivity contribution is 0.0607. The van der Waals surface area contributed by atoms with Crippen LogP contribution in [0.25, 0.3) is 0 Å². The van der Waals surface area contributed by atoms with Crippen molar-refractivity contribution >= 4 is 11.3 Å². The quantitative estimate of drug-likeness (QED) is 0.923. The van der Waals surface area contributed by atoms with Gasteiger partial charge in [-0.1, -0.05) is 51.1 Å². The van der Waals surface area contributed by atoms with Gasteiger partial charge in [-0.05, 0) is 12.5 Å². The van der Waals surface area contributed by atoms with Crippen molar-refractivity contribution < 1.29 is 5.11 Å². The van der Waals surface area contributed by atoms with Crippen molar-refractivity contribution in [2.24, 2.45) is 0 Å². The summed E-state index contributed by atoms with van der Waals surface area (Å²) in [5, 5.41) is 13.7. The number of benzene rings is 1. The Morgan fingerprint density at radius 3 is 2.25 bits per heavy atom. The van der Waals surface area contributed by atoms with Crippen molar-refractivity contribution in [1.29, 1.82) is 0 Å². The number of hydrogen-bond acceptors (Lipinski definition) is 3. The van der Waals surface area contributed by atoms with Crippen LogP contribution in [0.3, 0.4) is 0 Å². The van der Waals surface area contributed by atoms with Gasteiger partial charge in [-0.3, -0.25) is 0 Å². The molecular formula is C17H23NOS. The molecule has 1 aromatic heterocycles. The fourth-order valence-corrected chi connectivity index (χ4v) is 3.36. The number of nitrogens with zero attached hydrogens (tertiary/aromatic N) is 1. The molecule has 0 saturated heterocycles. The first-order chi connectivity index (χ1) is 9.26. The highest BCUT2D eigenvalue weighted by Gasteiger charge is 2.25. The van der Waals surface area contributed by atoms with Crippen LogP contribution in [0.2, 0.25) is 0 Å². The normalized spacial score (nSPS) is 15.1. The lowest BCUT2D eigenvalue weighted by Gasteiger charge is -2.22. The molecule has 2 aromatic rings. The summed E-state index contributed by atoms with van der Waals surface area (Å²) in [6, 6.07) is 10.1. The second-order valence-corrected chi connectivity index (χ2v) is 7.66. The predicted octanol–water partition coefficient (Wildman–Crippen LogP) is 3.98. The molecule has 108 valence electrons. The maximum absolute atomic E-state index is 10.6. The van der Waals surface area contributed by atoms with Gasteiger partial charge in [0.05, 0.1) is 16.3 Å². The Bertz CT molecular complexity index is 552. The third-order valence-corrected chi connectivity index (χ3v) is 4.13. The number of hydrogen-bond donors (Lipinski definition) is 1. The fourth-order valence-electron chi connectivity index (χ4n) is 2.16. The Hall–Kier alpha value is -1.19. The van der Waals surface area contributed by atoms with E-state index < -0.39 is 5.60 Å². The van der Waals surface area contributed by atoms with Crippen molar-refractivity contribution in [3.63, 3.8) is 0 Å². The van der Waals surface area contributed by atoms with Crippen LogP contribution >= 0.6 is 11.3 Å². The molecule has 1 heterocycles. The minimum absolute atomic E-state index is 0.0695. The van der Waals surface area contributed by atoms with Crippen LogP contribution in [0.4, 0.5) is 0 Å². The third-order valence-electron chi connectivity index (χ3n) is 3.28. The second-order valence-electron chi connectivity index (χ2n) is 6.71. The third kappa shape index (κ3) is 4.15. The second kappa shape index (κ2) is 5.66. The number of aromatic nitrogens is 1. The molecule has 1 unspecified atom stereocenters. The Labute approximate surface area is 125 Å². The van der Waals surface area contributed by atoms with Crippen molar-refractivity contribution in [2.75, 3.05) is 0 Å². The van der Waals surface area contributed by atoms with Crippen LogP contribution in [0.1, 0.15) is 44.0 Å². The van der Waals surface area contributed by atoms with Gasteiger partial charge >= 0.3 is 0 Å². The summed E-state index contributed by atoms with van der Waals surface area (Å²) in [5.74, 6) is 0. The van der Waals surface area contributed by atoms with E-state index >= 15 is 0 Å². The summed E-state index contributed by atoms with van der Waals surface area (Å²) < 4.78 is 0. The summed E-state index contributed by atoms with van der Waals surface area (Å²) in [4.78, 5) is 4.67. The minimum Gasteiger partial charge on any atom is -0.389 e. The highest BCUT2D eigenvalue weighted by atomic mass is 32.1. The minimum atomic E-state index is -0.756. The molecule has 1 N–H and O–H groups in total. The first-order valence-corrected chi connectivity index (χ1v) is 7.85. The van der Waals surface area contributed by atoms with Crippen LogP contribution in [-0.2, 0) is 18.3 Å². The van der Waals surface area contributed by atoms with Gasteiger partial charge in [0.1, 0.15) is 0 Å². The first-order valence-electron chi connectivity index (χ1n) is 6.97. The number of rotatable bonds is 4. The van der Waals surface area contributed by atoms with E-state index in [1.807, 2.05) is 25.1 Å². The SMILES string of the molecule is CC(O)(Cc1ccccc1)Cc1nc(C(C)(C)C)cs1. The lowest BCUT2D eigenvalue weighted by atomic mass is 9.92. The molecule has 1 aromatic carbocycles. The molecule has 0 radical (unpaired) electrons. The first kappa shape index (κ1) is 15.2. The zero-order chi connectivity index (χ0) is 14.8. The maximum atomic E-state index is 10.6. The lowest BCUT2D eigenvalue weighted by Crippen LogP contribution is -2.30. The molecule has 2 nitrogen and oxygen atoms in total. The van der Waals surface area contributed by atoms with Gasteiger partial charge < -0.3 is 5.11 Å². The Kier molecular flexibility index (Phi) is 4.31. The van der Waals surface area contributed by atoms with Gasteiger partial charge in [0, 0.05) is 23.6 Å². The van der Waals surface area contributed by atoms with E-state index in [1.54, 1.807) is 11.3 Å². The van der Waals surface area contributed by atoms with E-state index in [0.717, 1.165) is 16.3 Å². The fraction of sp³-hybridized carbons (Fsp3) is 0.471. The molecule has 0 spiro atoms. The van der Waals surface area contributed by atoms with Crippen molar-refractivity contribution in [2.45, 2.75) is 51.6 Å². The van der Waals surface area contributed by atoms with Crippen molar-refractivity contribution in [1.82, 2.24) is 4.98 Å². The molecule has 0 aliphatic rings. The largest absolute Gasteiger partial charge is 0.389 e. The summed E-state index contributed by atoms with van der Waals surface area (Å²) in [7, 11) is 0. The molecule has 2 rings (SSSR count). The summed E-state index contributed by atoms with van der Waals surface area (Å²) in [5.41, 5.74) is 1.58. The van der Waals surface area contributed by atoms with Gasteiger partial charge in [-0.2, -0.15) is 0 Å². The van der Waals surface area contributed by atoms with E-state index in [-0.39, 0.29) is 5.41 Å². The molecular weight excluding hydrogens is 266 g/mol. The number of aliphatic hydroxyl groups is 1. The standard InChI is InChI=1S/C17H23NOS/c1-16(2,3)14-12-20-15(18-14)11-17(4,19)10-13-8-6-5-7-9-13/h5-9,12,19H,10-11H2,1-4H3. The average molecular weight is 289 g/mol. The maximum Gasteiger partial charge on any atom is 0.0957 e. The summed E-state index contributed by atoms with van der Waals surface area (Å²) >= 11 is 1.64. The van der Waals surface area contributed by atoms with Crippen LogP contribution in [0.15, 0.2) is 35.7 Å². The summed E-state index contributed by atoms with van der Waals surface area (Å²) in [6.45, 7) is 8.37. The van der Waals surface area contributed by atoms with E-state index in [4.69, 9.17) is 0 Å². The van der Waals surface area contributed by atoms with Gasteiger partial charge in [-0.15, -0.1) is 11.3 Å². The van der Waals surface area contributed by atoms with Crippen LogP contribution in [0.5, 0.6) is 0 Å². The molecule has 0 aliphatic carbocycles. The Balaban J connectivity index is 2.06. The van der Waals surface area contributed by atoms with Crippen LogP contribution in [-0.4, -0.2) is 15.7 Å². The smallest absolute Gasteiger partial charge is 0.0957 e. The van der Waals surface area contributed by atoms with Gasteiger partial charge in [0.15, 0.2) is 0 Å². The van der Waals surface area contributed by atoms with Crippen molar-refractivity contribution in [3.05, 3.63) is 52.0 Å². The summed E-state index contributed by atoms with van der Waals surface area (Å²) in [6.07, 6.45) is 1.25. The van der Waals surface area contributed by atoms with Crippen LogP contribution < -0.4 is 0 Å². The molecule has 0 bridgehead atoms. The van der Waals surface area contributed by atoms with Gasteiger partial charge in [-0.25, -0.2) is 4.98 Å². The molecule has 0 fully saturated rings. The van der Waals surface area contributed by atoms with Crippen molar-refractivity contribution in [3.8, 4) is 0 Å². The molecule has 0 saturated carbocycles. The van der Waals surface area contributed by atoms with Gasteiger partial charge in [0.25, 0.3) is 0 Å². The molecule has 0 amide bonds. The Morgan fingerprint density at radius 1 is 1.05 bits per heavy atom. The van der Waals surface area contributed by atoms with E-state index in [9.17, 15) is 5.11 Å². The van der Waals surface area contributed by atoms with Gasteiger partial charge in [0.2, 0.25) is 0 Å².